The molecule has 5 heteroatoms. The molecule has 3 heterocycles. The first-order valence-electron chi connectivity index (χ1n) is 15.8. The van der Waals surface area contributed by atoms with Gasteiger partial charge in [-0.3, -0.25) is 0 Å². The third-order valence-electron chi connectivity index (χ3n) is 8.04. The molecule has 46 heavy (non-hydrogen) atoms. The molecule has 7 aromatic rings. The number of benzene rings is 4. The minimum atomic E-state index is -1.27. The Balaban J connectivity index is 0.000000207. The maximum absolute atomic E-state index is 8.35. The van der Waals surface area contributed by atoms with Crippen molar-refractivity contribution in [3.63, 3.8) is 0 Å². The molecule has 0 aliphatic heterocycles. The summed E-state index contributed by atoms with van der Waals surface area (Å²) in [6, 6.07) is 42.0. The van der Waals surface area contributed by atoms with Gasteiger partial charge < -0.3 is 9.97 Å². The Morgan fingerprint density at radius 1 is 0.761 bits per heavy atom. The summed E-state index contributed by atoms with van der Waals surface area (Å²) in [7, 11) is -1.27. The van der Waals surface area contributed by atoms with Gasteiger partial charge in [-0.25, -0.2) is 0 Å². The predicted molar refractivity (Wildman–Crippen MR) is 197 cm³/mol. The van der Waals surface area contributed by atoms with Crippen LogP contribution in [-0.4, -0.2) is 18.0 Å². The fourth-order valence-corrected chi connectivity index (χ4v) is 8.62. The van der Waals surface area contributed by atoms with Crippen molar-refractivity contribution in [2.75, 3.05) is 0 Å². The third kappa shape index (κ3) is 7.29. The number of thiophene rings is 1. The number of nitrogens with zero attached hydrogens (tertiary/aromatic N) is 2. The van der Waals surface area contributed by atoms with Crippen molar-refractivity contribution in [3.8, 4) is 33.6 Å². The molecule has 0 fully saturated rings. The molecule has 0 aliphatic rings. The van der Waals surface area contributed by atoms with E-state index in [4.69, 9.17) is 1.37 Å². The smallest absolute Gasteiger partial charge is 0.0798 e. The fraction of sp³-hybridized carbons (Fsp3) is 0.171. The number of hydrogen-bond donors (Lipinski definition) is 0. The molecule has 0 bridgehead atoms. The van der Waals surface area contributed by atoms with Crippen molar-refractivity contribution >= 4 is 44.8 Å². The zero-order valence-electron chi connectivity index (χ0n) is 28.1. The topological polar surface area (TPSA) is 25.8 Å². The van der Waals surface area contributed by atoms with Crippen LogP contribution in [0.25, 0.3) is 53.8 Å². The van der Waals surface area contributed by atoms with Gasteiger partial charge in [0, 0.05) is 38.6 Å². The monoisotopic (exact) mass is 812 g/mol. The summed E-state index contributed by atoms with van der Waals surface area (Å²) in [5.74, 6) is -0.656. The van der Waals surface area contributed by atoms with E-state index in [0.717, 1.165) is 28.1 Å². The van der Waals surface area contributed by atoms with E-state index in [9.17, 15) is 0 Å². The van der Waals surface area contributed by atoms with Crippen LogP contribution >= 0.6 is 11.3 Å². The maximum Gasteiger partial charge on any atom is 0.0798 e. The van der Waals surface area contributed by atoms with E-state index in [-0.39, 0.29) is 20.1 Å². The maximum atomic E-state index is 8.35. The molecule has 4 aromatic carbocycles. The van der Waals surface area contributed by atoms with E-state index >= 15 is 0 Å². The summed E-state index contributed by atoms with van der Waals surface area (Å²) in [4.78, 5) is 9.18. The van der Waals surface area contributed by atoms with E-state index in [1.807, 2.05) is 56.3 Å². The number of rotatable bonds is 5. The first-order chi connectivity index (χ1) is 22.0. The average Bonchev–Trinajstić information content (AvgIpc) is 3.43. The Kier molecular flexibility index (Phi) is 10.1. The van der Waals surface area contributed by atoms with Crippen LogP contribution in [0.3, 0.4) is 0 Å². The van der Waals surface area contributed by atoms with Crippen LogP contribution < -0.4 is 5.19 Å². The molecule has 7 rings (SSSR count). The van der Waals surface area contributed by atoms with E-state index in [1.54, 1.807) is 17.5 Å². The zero-order chi connectivity index (χ0) is 32.5. The van der Waals surface area contributed by atoms with Gasteiger partial charge in [0.15, 0.2) is 0 Å². The van der Waals surface area contributed by atoms with E-state index in [1.165, 1.54) is 42.0 Å². The van der Waals surface area contributed by atoms with Crippen LogP contribution in [0.2, 0.25) is 19.6 Å². The van der Waals surface area contributed by atoms with Gasteiger partial charge >= 0.3 is 0 Å². The van der Waals surface area contributed by atoms with Crippen molar-refractivity contribution in [2.45, 2.75) is 46.3 Å². The van der Waals surface area contributed by atoms with Gasteiger partial charge in [-0.05, 0) is 62.7 Å². The van der Waals surface area contributed by atoms with Gasteiger partial charge in [0.1, 0.15) is 0 Å². The predicted octanol–water partition coefficient (Wildman–Crippen LogP) is 11.1. The molecule has 0 spiro atoms. The minimum absolute atomic E-state index is 0. The first-order valence-corrected chi connectivity index (χ1v) is 19.6. The Hall–Kier alpha value is -3.73. The Labute approximate surface area is 293 Å². The zero-order valence-corrected chi connectivity index (χ0v) is 31.3. The van der Waals surface area contributed by atoms with Crippen molar-refractivity contribution in [2.24, 2.45) is 0 Å². The molecular weight excluding hydrogens is 773 g/mol. The summed E-state index contributed by atoms with van der Waals surface area (Å²) in [5.41, 5.74) is 8.74. The molecule has 0 saturated heterocycles. The number of hydrogen-bond acceptors (Lipinski definition) is 3. The van der Waals surface area contributed by atoms with Crippen LogP contribution in [0.4, 0.5) is 0 Å². The summed E-state index contributed by atoms with van der Waals surface area (Å²) >= 11 is 1.79. The van der Waals surface area contributed by atoms with Gasteiger partial charge in [0.25, 0.3) is 0 Å². The van der Waals surface area contributed by atoms with Crippen LogP contribution in [0.15, 0.2) is 116 Å². The van der Waals surface area contributed by atoms with E-state index in [0.29, 0.717) is 0 Å². The molecule has 2 nitrogen and oxygen atoms in total. The molecular formula is C41H38IrN2SSi-2. The van der Waals surface area contributed by atoms with Crippen LogP contribution in [0.1, 0.15) is 32.2 Å². The standard InChI is InChI=1S/C26H20NS.C15H18NSi.Ir/c1-17(2)19-13-14-27-24(15-19)23-10-6-9-22-21-12-11-20(16-25(21)28-26(22)23)18-7-4-3-5-8-18;1-12-10-14(13-8-6-5-7-9-13)16-11-15(12)17(2,3)4;/h3-9,11-17H,1-2H3;5-8,10-11H,1-4H3;/q2*-1;/i17D;;. The molecule has 0 amide bonds. The van der Waals surface area contributed by atoms with Crippen LogP contribution in [0.5, 0.6) is 0 Å². The van der Waals surface area contributed by atoms with Crippen LogP contribution in [-0.2, 0) is 20.1 Å². The summed E-state index contributed by atoms with van der Waals surface area (Å²) in [6.07, 6.45) is 3.85. The second-order valence-corrected chi connectivity index (χ2v) is 18.7. The fourth-order valence-electron chi connectivity index (χ4n) is 5.66. The second-order valence-electron chi connectivity index (χ2n) is 12.6. The van der Waals surface area contributed by atoms with Crippen LogP contribution in [0, 0.1) is 19.1 Å². The number of pyridine rings is 2. The van der Waals surface area contributed by atoms with Crippen molar-refractivity contribution < 1.29 is 21.5 Å². The van der Waals surface area contributed by atoms with Gasteiger partial charge in [0.05, 0.1) is 8.07 Å². The number of fused-ring (bicyclic) bond motifs is 3. The second kappa shape index (κ2) is 14.4. The van der Waals surface area contributed by atoms with E-state index in [2.05, 4.69) is 116 Å². The molecule has 0 saturated carbocycles. The molecule has 233 valence electrons. The van der Waals surface area contributed by atoms with Gasteiger partial charge in [-0.2, -0.15) is 11.3 Å². The molecule has 0 atom stereocenters. The Bertz CT molecular complexity index is 2130. The number of aryl methyl sites for hydroxylation is 1. The number of aromatic nitrogens is 2. The summed E-state index contributed by atoms with van der Waals surface area (Å²) in [5, 5.41) is 3.93. The van der Waals surface area contributed by atoms with Crippen molar-refractivity contribution in [3.05, 3.63) is 139 Å². The quantitative estimate of drug-likeness (QED) is 0.128. The Morgan fingerprint density at radius 3 is 2.24 bits per heavy atom. The average molecular weight is 812 g/mol. The molecule has 0 aliphatic carbocycles. The summed E-state index contributed by atoms with van der Waals surface area (Å²) in [6.45, 7) is 13.0. The SMILES string of the molecule is Cc1cc(-c2[c-]cccc2)ncc1[Si](C)(C)C.[2H]C(C)(C)c1ccnc(-c2[c-]ccc3c2sc2cc(-c4ccccc4)ccc23)c1.[Ir]. The van der Waals surface area contributed by atoms with Gasteiger partial charge in [-0.15, -0.1) is 59.7 Å². The molecule has 0 N–H and O–H groups in total. The normalized spacial score (nSPS) is 11.8. The van der Waals surface area contributed by atoms with E-state index < -0.39 is 14.0 Å². The molecule has 1 radical (unpaired) electrons. The largest absolute Gasteiger partial charge is 0.305 e. The molecule has 3 aromatic heterocycles. The molecule has 0 unspecified atom stereocenters. The van der Waals surface area contributed by atoms with Crippen molar-refractivity contribution in [1.82, 2.24) is 9.97 Å². The van der Waals surface area contributed by atoms with Gasteiger partial charge in [-0.1, -0.05) is 105 Å². The van der Waals surface area contributed by atoms with Crippen molar-refractivity contribution in [1.29, 1.82) is 0 Å². The van der Waals surface area contributed by atoms with Gasteiger partial charge in [0.2, 0.25) is 0 Å². The summed E-state index contributed by atoms with van der Waals surface area (Å²) < 4.78 is 10.8. The first kappa shape index (κ1) is 32.2. The third-order valence-corrected chi connectivity index (χ3v) is 11.4. The Morgan fingerprint density at radius 2 is 1.54 bits per heavy atom. The minimum Gasteiger partial charge on any atom is -0.305 e.